The molecule has 0 radical (unpaired) electrons. The minimum absolute atomic E-state index is 0.257. The van der Waals surface area contributed by atoms with Crippen molar-refractivity contribution in [2.24, 2.45) is 0 Å². The van der Waals surface area contributed by atoms with Crippen molar-refractivity contribution >= 4 is 41.0 Å². The molecule has 0 amide bonds. The molecule has 3 aromatic carbocycles. The van der Waals surface area contributed by atoms with Gasteiger partial charge in [0.2, 0.25) is 11.9 Å². The number of nitrogens with one attached hydrogen (secondary N) is 2. The molecule has 0 aliphatic rings. The number of anilines is 2. The van der Waals surface area contributed by atoms with E-state index in [4.69, 9.17) is 23.2 Å². The summed E-state index contributed by atoms with van der Waals surface area (Å²) in [5, 5.41) is 11.8. The summed E-state index contributed by atoms with van der Waals surface area (Å²) < 4.78 is 14.4. The molecule has 0 saturated carbocycles. The van der Waals surface area contributed by atoms with Crippen molar-refractivity contribution in [1.82, 2.24) is 14.8 Å². The molecule has 1 heterocycles. The second kappa shape index (κ2) is 9.80. The average molecular weight is 470 g/mol. The minimum atomic E-state index is -0.435. The highest BCUT2D eigenvalue weighted by molar-refractivity contribution is 6.30. The molecule has 0 bridgehead atoms. The Labute approximate surface area is 194 Å². The number of carbonyl (C=O) groups is 1. The van der Waals surface area contributed by atoms with Crippen LogP contribution in [0.2, 0.25) is 10.0 Å². The van der Waals surface area contributed by atoms with E-state index in [2.05, 4.69) is 20.7 Å². The summed E-state index contributed by atoms with van der Waals surface area (Å²) in [5.74, 6) is -0.330. The first-order valence-corrected chi connectivity index (χ1v) is 10.5. The third-order valence-corrected chi connectivity index (χ3v) is 5.12. The van der Waals surface area contributed by atoms with Gasteiger partial charge >= 0.3 is 0 Å². The molecule has 32 heavy (non-hydrogen) atoms. The van der Waals surface area contributed by atoms with Crippen molar-refractivity contribution in [1.29, 1.82) is 0 Å². The average Bonchev–Trinajstić information content (AvgIpc) is 3.21. The summed E-state index contributed by atoms with van der Waals surface area (Å²) in [5.41, 5.74) is 2.22. The SMILES string of the molecule is O=C(c1ccc(F)cc1)n1nc(NCc2ccc(Cl)cc2)nc1NCc1ccc(Cl)cc1. The topological polar surface area (TPSA) is 71.8 Å². The first-order valence-electron chi connectivity index (χ1n) is 9.72. The molecule has 0 spiro atoms. The molecular weight excluding hydrogens is 452 g/mol. The van der Waals surface area contributed by atoms with Crippen LogP contribution < -0.4 is 10.6 Å². The van der Waals surface area contributed by atoms with Crippen LogP contribution in [0.5, 0.6) is 0 Å². The smallest absolute Gasteiger partial charge is 0.281 e. The van der Waals surface area contributed by atoms with E-state index in [1.54, 1.807) is 24.3 Å². The molecule has 4 aromatic rings. The van der Waals surface area contributed by atoms with E-state index in [0.717, 1.165) is 15.8 Å². The van der Waals surface area contributed by atoms with Gasteiger partial charge in [0.25, 0.3) is 5.91 Å². The Balaban J connectivity index is 1.56. The molecule has 0 aliphatic heterocycles. The van der Waals surface area contributed by atoms with Gasteiger partial charge in [-0.05, 0) is 59.7 Å². The van der Waals surface area contributed by atoms with Gasteiger partial charge in [-0.25, -0.2) is 4.39 Å². The number of hydrogen-bond donors (Lipinski definition) is 2. The van der Waals surface area contributed by atoms with Crippen LogP contribution in [0.3, 0.4) is 0 Å². The maximum Gasteiger partial charge on any atom is 0.281 e. The number of benzene rings is 3. The summed E-state index contributed by atoms with van der Waals surface area (Å²) in [6.45, 7) is 0.853. The van der Waals surface area contributed by atoms with E-state index in [1.165, 1.54) is 24.3 Å². The zero-order valence-corrected chi connectivity index (χ0v) is 18.2. The molecule has 1 aromatic heterocycles. The fourth-order valence-electron chi connectivity index (χ4n) is 2.92. The predicted octanol–water partition coefficient (Wildman–Crippen LogP) is 5.64. The molecule has 4 rings (SSSR count). The second-order valence-corrected chi connectivity index (χ2v) is 7.82. The Morgan fingerprint density at radius 1 is 0.812 bits per heavy atom. The first-order chi connectivity index (χ1) is 15.5. The van der Waals surface area contributed by atoms with Crippen molar-refractivity contribution in [3.05, 3.63) is 105 Å². The number of nitrogens with zero attached hydrogens (tertiary/aromatic N) is 3. The van der Waals surface area contributed by atoms with Crippen molar-refractivity contribution in [2.45, 2.75) is 13.1 Å². The first kappa shape index (κ1) is 21.8. The zero-order valence-electron chi connectivity index (χ0n) is 16.7. The number of carbonyl (C=O) groups excluding carboxylic acids is 1. The summed E-state index contributed by atoms with van der Waals surface area (Å²) in [7, 11) is 0. The van der Waals surface area contributed by atoms with Crippen LogP contribution in [-0.2, 0) is 13.1 Å². The van der Waals surface area contributed by atoms with E-state index in [9.17, 15) is 9.18 Å². The van der Waals surface area contributed by atoms with Crippen LogP contribution >= 0.6 is 23.2 Å². The quantitative estimate of drug-likeness (QED) is 0.366. The highest BCUT2D eigenvalue weighted by atomic mass is 35.5. The van der Waals surface area contributed by atoms with E-state index >= 15 is 0 Å². The van der Waals surface area contributed by atoms with Crippen LogP contribution in [0.1, 0.15) is 21.5 Å². The number of halogens is 3. The maximum atomic E-state index is 13.3. The van der Waals surface area contributed by atoms with Gasteiger partial charge < -0.3 is 10.6 Å². The molecule has 0 saturated heterocycles. The number of hydrogen-bond acceptors (Lipinski definition) is 5. The number of rotatable bonds is 7. The Bertz CT molecular complexity index is 1210. The summed E-state index contributed by atoms with van der Waals surface area (Å²) in [6.07, 6.45) is 0. The van der Waals surface area contributed by atoms with E-state index in [0.29, 0.717) is 23.1 Å². The van der Waals surface area contributed by atoms with Crippen LogP contribution in [0.15, 0.2) is 72.8 Å². The van der Waals surface area contributed by atoms with Gasteiger partial charge in [0.15, 0.2) is 0 Å². The highest BCUT2D eigenvalue weighted by Crippen LogP contribution is 2.17. The van der Waals surface area contributed by atoms with Crippen molar-refractivity contribution < 1.29 is 9.18 Å². The van der Waals surface area contributed by atoms with Crippen LogP contribution in [-0.4, -0.2) is 20.7 Å². The fraction of sp³-hybridized carbons (Fsp3) is 0.0870. The van der Waals surface area contributed by atoms with Gasteiger partial charge in [-0.2, -0.15) is 9.67 Å². The molecule has 0 fully saturated rings. The van der Waals surface area contributed by atoms with Gasteiger partial charge in [0, 0.05) is 28.7 Å². The van der Waals surface area contributed by atoms with Crippen LogP contribution in [0.4, 0.5) is 16.3 Å². The Morgan fingerprint density at radius 2 is 1.34 bits per heavy atom. The van der Waals surface area contributed by atoms with E-state index < -0.39 is 11.7 Å². The van der Waals surface area contributed by atoms with Crippen molar-refractivity contribution in [3.63, 3.8) is 0 Å². The molecule has 9 heteroatoms. The molecule has 6 nitrogen and oxygen atoms in total. The Morgan fingerprint density at radius 3 is 1.91 bits per heavy atom. The van der Waals surface area contributed by atoms with Gasteiger partial charge in [0.05, 0.1) is 0 Å². The van der Waals surface area contributed by atoms with Crippen LogP contribution in [0, 0.1) is 5.82 Å². The largest absolute Gasteiger partial charge is 0.350 e. The highest BCUT2D eigenvalue weighted by Gasteiger charge is 2.18. The lowest BCUT2D eigenvalue weighted by Gasteiger charge is -2.07. The van der Waals surface area contributed by atoms with E-state index in [-0.39, 0.29) is 17.5 Å². The van der Waals surface area contributed by atoms with Crippen molar-refractivity contribution in [2.75, 3.05) is 10.6 Å². The third-order valence-electron chi connectivity index (χ3n) is 4.62. The number of aromatic nitrogens is 3. The monoisotopic (exact) mass is 469 g/mol. The standard InChI is InChI=1S/C23H18Cl2FN5O/c24-18-7-1-15(2-8-18)13-27-22-29-23(28-14-16-3-9-19(25)10-4-16)31(30-22)21(32)17-5-11-20(26)12-6-17/h1-12H,13-14H2,(H2,27,28,29,30). The van der Waals surface area contributed by atoms with Gasteiger partial charge in [-0.15, -0.1) is 5.10 Å². The molecule has 0 unspecified atom stereocenters. The third kappa shape index (κ3) is 5.43. The lowest BCUT2D eigenvalue weighted by molar-refractivity contribution is 0.0947. The summed E-state index contributed by atoms with van der Waals surface area (Å²) in [4.78, 5) is 17.4. The normalized spacial score (nSPS) is 10.7. The van der Waals surface area contributed by atoms with Crippen molar-refractivity contribution in [3.8, 4) is 0 Å². The molecule has 0 aliphatic carbocycles. The summed E-state index contributed by atoms with van der Waals surface area (Å²) >= 11 is 11.9. The Hall–Kier alpha value is -3.42. The Kier molecular flexibility index (Phi) is 6.68. The minimum Gasteiger partial charge on any atom is -0.350 e. The molecule has 162 valence electrons. The molecular formula is C23H18Cl2FN5O. The maximum absolute atomic E-state index is 13.3. The molecule has 2 N–H and O–H groups in total. The second-order valence-electron chi connectivity index (χ2n) is 6.94. The lowest BCUT2D eigenvalue weighted by Crippen LogP contribution is -2.17. The van der Waals surface area contributed by atoms with Gasteiger partial charge in [-0.3, -0.25) is 4.79 Å². The fourth-order valence-corrected chi connectivity index (χ4v) is 3.18. The van der Waals surface area contributed by atoms with Gasteiger partial charge in [-0.1, -0.05) is 47.5 Å². The van der Waals surface area contributed by atoms with Gasteiger partial charge in [0.1, 0.15) is 5.82 Å². The lowest BCUT2D eigenvalue weighted by atomic mass is 10.2. The van der Waals surface area contributed by atoms with Crippen LogP contribution in [0.25, 0.3) is 0 Å². The predicted molar refractivity (Wildman–Crippen MR) is 124 cm³/mol. The molecule has 0 atom stereocenters. The van der Waals surface area contributed by atoms with E-state index in [1.807, 2.05) is 24.3 Å². The zero-order chi connectivity index (χ0) is 22.5. The summed E-state index contributed by atoms with van der Waals surface area (Å²) in [6, 6.07) is 19.9.